The van der Waals surface area contributed by atoms with Gasteiger partial charge >= 0.3 is 0 Å². The SMILES string of the molecule is CN1CCC(C2COc3ccc(Br)cc3N2C)CC1. The van der Waals surface area contributed by atoms with E-state index in [0.29, 0.717) is 6.04 Å². The second kappa shape index (κ2) is 5.33. The van der Waals surface area contributed by atoms with E-state index in [9.17, 15) is 0 Å². The molecule has 0 bridgehead atoms. The zero-order chi connectivity index (χ0) is 13.4. The Labute approximate surface area is 123 Å². The minimum atomic E-state index is 0.510. The molecule has 4 heteroatoms. The van der Waals surface area contributed by atoms with E-state index < -0.39 is 0 Å². The highest BCUT2D eigenvalue weighted by molar-refractivity contribution is 9.10. The molecule has 1 saturated heterocycles. The van der Waals surface area contributed by atoms with Crippen molar-refractivity contribution in [1.29, 1.82) is 0 Å². The largest absolute Gasteiger partial charge is 0.489 e. The average molecular weight is 325 g/mol. The first-order chi connectivity index (χ1) is 9.15. The number of likely N-dealkylation sites (N-methyl/N-ethyl adjacent to an activating group) is 1. The van der Waals surface area contributed by atoms with Crippen LogP contribution in [0.4, 0.5) is 5.69 Å². The van der Waals surface area contributed by atoms with E-state index in [1.165, 1.54) is 31.6 Å². The van der Waals surface area contributed by atoms with Gasteiger partial charge in [0.25, 0.3) is 0 Å². The Morgan fingerprint density at radius 2 is 1.95 bits per heavy atom. The van der Waals surface area contributed by atoms with Crippen molar-refractivity contribution in [2.75, 3.05) is 38.7 Å². The van der Waals surface area contributed by atoms with Gasteiger partial charge in [0.05, 0.1) is 11.7 Å². The highest BCUT2D eigenvalue weighted by Crippen LogP contribution is 2.38. The number of anilines is 1. The number of likely N-dealkylation sites (tertiary alicyclic amines) is 1. The van der Waals surface area contributed by atoms with E-state index in [-0.39, 0.29) is 0 Å². The quantitative estimate of drug-likeness (QED) is 0.789. The lowest BCUT2D eigenvalue weighted by molar-refractivity contribution is 0.156. The van der Waals surface area contributed by atoms with Crippen LogP contribution in [-0.2, 0) is 0 Å². The molecule has 3 nitrogen and oxygen atoms in total. The predicted molar refractivity (Wildman–Crippen MR) is 82.0 cm³/mol. The lowest BCUT2D eigenvalue weighted by atomic mass is 9.88. The molecule has 1 aromatic rings. The number of nitrogens with zero attached hydrogens (tertiary/aromatic N) is 2. The van der Waals surface area contributed by atoms with Crippen LogP contribution in [0.3, 0.4) is 0 Å². The minimum Gasteiger partial charge on any atom is -0.489 e. The van der Waals surface area contributed by atoms with Crippen LogP contribution in [-0.4, -0.2) is 44.7 Å². The van der Waals surface area contributed by atoms with E-state index in [2.05, 4.69) is 52.0 Å². The van der Waals surface area contributed by atoms with Crippen molar-refractivity contribution in [2.45, 2.75) is 18.9 Å². The van der Waals surface area contributed by atoms with Gasteiger partial charge in [-0.25, -0.2) is 0 Å². The van der Waals surface area contributed by atoms with E-state index in [1.54, 1.807) is 0 Å². The van der Waals surface area contributed by atoms with Crippen LogP contribution in [0.25, 0.3) is 0 Å². The Bertz CT molecular complexity index is 457. The van der Waals surface area contributed by atoms with Gasteiger partial charge < -0.3 is 14.5 Å². The fraction of sp³-hybridized carbons (Fsp3) is 0.600. The maximum absolute atomic E-state index is 5.97. The van der Waals surface area contributed by atoms with Crippen LogP contribution < -0.4 is 9.64 Å². The van der Waals surface area contributed by atoms with Crippen molar-refractivity contribution >= 4 is 21.6 Å². The Morgan fingerprint density at radius 3 is 2.68 bits per heavy atom. The second-order valence-corrected chi connectivity index (χ2v) is 6.66. The van der Waals surface area contributed by atoms with E-state index >= 15 is 0 Å². The molecule has 19 heavy (non-hydrogen) atoms. The number of fused-ring (bicyclic) bond motifs is 1. The van der Waals surface area contributed by atoms with E-state index in [1.807, 2.05) is 6.07 Å². The summed E-state index contributed by atoms with van der Waals surface area (Å²) in [6.45, 7) is 3.24. The molecule has 104 valence electrons. The molecule has 1 atom stereocenters. The maximum Gasteiger partial charge on any atom is 0.142 e. The van der Waals surface area contributed by atoms with Gasteiger partial charge in [-0.15, -0.1) is 0 Å². The molecule has 1 aromatic carbocycles. The number of halogens is 1. The Kier molecular flexibility index (Phi) is 3.72. The molecule has 0 aromatic heterocycles. The first-order valence-corrected chi connectivity index (χ1v) is 7.78. The highest BCUT2D eigenvalue weighted by Gasteiger charge is 2.33. The summed E-state index contributed by atoms with van der Waals surface area (Å²) in [5, 5.41) is 0. The Hall–Kier alpha value is -0.740. The lowest BCUT2D eigenvalue weighted by Gasteiger charge is -2.42. The molecule has 2 aliphatic rings. The predicted octanol–water partition coefficient (Wildman–Crippen LogP) is 2.99. The van der Waals surface area contributed by atoms with Crippen LogP contribution in [0.15, 0.2) is 22.7 Å². The molecule has 1 unspecified atom stereocenters. The van der Waals surface area contributed by atoms with E-state index in [4.69, 9.17) is 4.74 Å². The molecular weight excluding hydrogens is 304 g/mol. The molecule has 3 rings (SSSR count). The number of hydrogen-bond donors (Lipinski definition) is 0. The van der Waals surface area contributed by atoms with Gasteiger partial charge in [0.15, 0.2) is 0 Å². The number of ether oxygens (including phenoxy) is 1. The molecule has 1 fully saturated rings. The smallest absolute Gasteiger partial charge is 0.142 e. The van der Waals surface area contributed by atoms with E-state index in [0.717, 1.165) is 22.7 Å². The van der Waals surface area contributed by atoms with Gasteiger partial charge in [0.2, 0.25) is 0 Å². The summed E-state index contributed by atoms with van der Waals surface area (Å²) in [5.41, 5.74) is 1.21. The van der Waals surface area contributed by atoms with Gasteiger partial charge in [-0.2, -0.15) is 0 Å². The first kappa shape index (κ1) is 13.3. The van der Waals surface area contributed by atoms with Gasteiger partial charge in [-0.3, -0.25) is 0 Å². The molecule has 0 spiro atoms. The standard InChI is InChI=1S/C15H21BrN2O/c1-17-7-5-11(6-8-17)14-10-19-15-4-3-12(16)9-13(15)18(14)2/h3-4,9,11,14H,5-8,10H2,1-2H3. The number of rotatable bonds is 1. The summed E-state index contributed by atoms with van der Waals surface area (Å²) in [6.07, 6.45) is 2.55. The summed E-state index contributed by atoms with van der Waals surface area (Å²) in [4.78, 5) is 4.84. The maximum atomic E-state index is 5.97. The summed E-state index contributed by atoms with van der Waals surface area (Å²) in [5.74, 6) is 1.75. The second-order valence-electron chi connectivity index (χ2n) is 5.74. The van der Waals surface area contributed by atoms with Crippen molar-refractivity contribution in [2.24, 2.45) is 5.92 Å². The third kappa shape index (κ3) is 2.61. The van der Waals surface area contributed by atoms with Crippen LogP contribution in [0.5, 0.6) is 5.75 Å². The van der Waals surface area contributed by atoms with Gasteiger partial charge in [-0.1, -0.05) is 15.9 Å². The molecule has 2 heterocycles. The highest BCUT2D eigenvalue weighted by atomic mass is 79.9. The minimum absolute atomic E-state index is 0.510. The van der Waals surface area contributed by atoms with Gasteiger partial charge in [0, 0.05) is 11.5 Å². The van der Waals surface area contributed by atoms with Gasteiger partial charge in [-0.05, 0) is 57.1 Å². The van der Waals surface area contributed by atoms with Crippen LogP contribution >= 0.6 is 15.9 Å². The lowest BCUT2D eigenvalue weighted by Crippen LogP contribution is -2.48. The monoisotopic (exact) mass is 324 g/mol. The fourth-order valence-corrected chi connectivity index (χ4v) is 3.57. The molecule has 0 amide bonds. The van der Waals surface area contributed by atoms with Crippen molar-refractivity contribution in [3.63, 3.8) is 0 Å². The Balaban J connectivity index is 1.79. The van der Waals surface area contributed by atoms with Crippen molar-refractivity contribution < 1.29 is 4.74 Å². The zero-order valence-corrected chi connectivity index (χ0v) is 13.2. The third-order valence-corrected chi connectivity index (χ3v) is 5.01. The number of hydrogen-bond acceptors (Lipinski definition) is 3. The van der Waals surface area contributed by atoms with Crippen molar-refractivity contribution in [3.8, 4) is 5.75 Å². The third-order valence-electron chi connectivity index (χ3n) is 4.52. The average Bonchev–Trinajstić information content (AvgIpc) is 2.41. The normalized spacial score (nSPS) is 25.0. The van der Waals surface area contributed by atoms with Crippen molar-refractivity contribution in [1.82, 2.24) is 4.90 Å². The van der Waals surface area contributed by atoms with Crippen molar-refractivity contribution in [3.05, 3.63) is 22.7 Å². The Morgan fingerprint density at radius 1 is 1.21 bits per heavy atom. The molecule has 0 N–H and O–H groups in total. The summed E-state index contributed by atoms with van der Waals surface area (Å²) in [6, 6.07) is 6.77. The van der Waals surface area contributed by atoms with Crippen LogP contribution in [0.1, 0.15) is 12.8 Å². The molecular formula is C15H21BrN2O. The zero-order valence-electron chi connectivity index (χ0n) is 11.6. The fourth-order valence-electron chi connectivity index (χ4n) is 3.22. The summed E-state index contributed by atoms with van der Waals surface area (Å²) in [7, 11) is 4.42. The van der Waals surface area contributed by atoms with Gasteiger partial charge in [0.1, 0.15) is 12.4 Å². The molecule has 0 saturated carbocycles. The summed E-state index contributed by atoms with van der Waals surface area (Å²) < 4.78 is 7.08. The van der Waals surface area contributed by atoms with Crippen LogP contribution in [0.2, 0.25) is 0 Å². The molecule has 2 aliphatic heterocycles. The summed E-state index contributed by atoms with van der Waals surface area (Å²) >= 11 is 3.55. The molecule has 0 aliphatic carbocycles. The molecule has 0 radical (unpaired) electrons. The number of piperidine rings is 1. The topological polar surface area (TPSA) is 15.7 Å². The first-order valence-electron chi connectivity index (χ1n) is 6.99. The van der Waals surface area contributed by atoms with Crippen LogP contribution in [0, 0.1) is 5.92 Å². The number of benzene rings is 1.